The third-order valence-electron chi connectivity index (χ3n) is 1.64. The monoisotopic (exact) mass is 166 g/mol. The summed E-state index contributed by atoms with van der Waals surface area (Å²) in [5.74, 6) is -0.206. The minimum atomic E-state index is -0.360. The minimum Gasteiger partial charge on any atom is -0.448 e. The molecule has 1 saturated heterocycles. The molecule has 0 radical (unpaired) electrons. The molecule has 0 spiro atoms. The van der Waals surface area contributed by atoms with Crippen LogP contribution < -0.4 is 0 Å². The lowest BCUT2D eigenvalue weighted by molar-refractivity contribution is 0.0612. The predicted octanol–water partition coefficient (Wildman–Crippen LogP) is 0.764. The van der Waals surface area contributed by atoms with Crippen molar-refractivity contribution in [1.29, 1.82) is 5.26 Å². The zero-order valence-electron chi connectivity index (χ0n) is 6.69. The Morgan fingerprint density at radius 1 is 1.92 bits per heavy atom. The first-order valence-electron chi connectivity index (χ1n) is 3.70. The second kappa shape index (κ2) is 3.77. The van der Waals surface area contributed by atoms with E-state index in [4.69, 9.17) is 10.00 Å². The van der Waals surface area contributed by atoms with Gasteiger partial charge in [0.1, 0.15) is 6.61 Å². The van der Waals surface area contributed by atoms with Gasteiger partial charge in [-0.1, -0.05) is 6.08 Å². The Hall–Kier alpha value is -1.50. The maximum absolute atomic E-state index is 11.0. The summed E-state index contributed by atoms with van der Waals surface area (Å²) in [4.78, 5) is 12.5. The van der Waals surface area contributed by atoms with Crippen LogP contribution >= 0.6 is 0 Å². The number of amides is 1. The van der Waals surface area contributed by atoms with E-state index in [1.807, 2.05) is 0 Å². The molecule has 0 aromatic heterocycles. The summed E-state index contributed by atoms with van der Waals surface area (Å²) in [6.07, 6.45) is 1.25. The number of ether oxygens (including phenoxy) is 1. The van der Waals surface area contributed by atoms with Crippen molar-refractivity contribution in [3.63, 3.8) is 0 Å². The maximum Gasteiger partial charge on any atom is 0.410 e. The number of rotatable bonds is 2. The standard InChI is InChI=1S/C8H10N2O2/c1-2-3-10-5-7(4-9)6-12-8(10)11/h2,7H,1,3,5-6H2. The lowest BCUT2D eigenvalue weighted by Crippen LogP contribution is -2.42. The van der Waals surface area contributed by atoms with E-state index in [0.717, 1.165) is 0 Å². The zero-order valence-corrected chi connectivity index (χ0v) is 6.69. The number of hydrogen-bond acceptors (Lipinski definition) is 3. The van der Waals surface area contributed by atoms with E-state index in [-0.39, 0.29) is 18.6 Å². The lowest BCUT2D eigenvalue weighted by atomic mass is 10.1. The Kier molecular flexibility index (Phi) is 2.70. The van der Waals surface area contributed by atoms with Crippen LogP contribution in [0.1, 0.15) is 0 Å². The molecule has 4 nitrogen and oxygen atoms in total. The van der Waals surface area contributed by atoms with Crippen LogP contribution in [0, 0.1) is 17.2 Å². The summed E-state index contributed by atoms with van der Waals surface area (Å²) in [5, 5.41) is 8.57. The highest BCUT2D eigenvalue weighted by Gasteiger charge is 2.25. The van der Waals surface area contributed by atoms with Gasteiger partial charge in [0, 0.05) is 13.1 Å². The van der Waals surface area contributed by atoms with Crippen LogP contribution in [0.4, 0.5) is 4.79 Å². The topological polar surface area (TPSA) is 53.3 Å². The van der Waals surface area contributed by atoms with Gasteiger partial charge in [-0.3, -0.25) is 0 Å². The van der Waals surface area contributed by atoms with Crippen LogP contribution in [0.3, 0.4) is 0 Å². The average Bonchev–Trinajstić information content (AvgIpc) is 2.09. The molecular formula is C8H10N2O2. The largest absolute Gasteiger partial charge is 0.448 e. The summed E-state index contributed by atoms with van der Waals surface area (Å²) in [6, 6.07) is 2.06. The quantitative estimate of drug-likeness (QED) is 0.569. The molecule has 0 N–H and O–H groups in total. The zero-order chi connectivity index (χ0) is 8.97. The Morgan fingerprint density at radius 3 is 3.25 bits per heavy atom. The molecule has 1 unspecified atom stereocenters. The fourth-order valence-electron chi connectivity index (χ4n) is 1.04. The van der Waals surface area contributed by atoms with Crippen molar-refractivity contribution in [1.82, 2.24) is 4.90 Å². The summed E-state index contributed by atoms with van der Waals surface area (Å²) < 4.78 is 4.76. The van der Waals surface area contributed by atoms with Crippen molar-refractivity contribution in [2.45, 2.75) is 0 Å². The van der Waals surface area contributed by atoms with E-state index in [2.05, 4.69) is 12.6 Å². The summed E-state index contributed by atoms with van der Waals surface area (Å²) in [6.45, 7) is 4.61. The van der Waals surface area contributed by atoms with E-state index in [0.29, 0.717) is 13.1 Å². The van der Waals surface area contributed by atoms with E-state index in [1.54, 1.807) is 6.08 Å². The number of cyclic esters (lactones) is 1. The molecule has 0 saturated carbocycles. The SMILES string of the molecule is C=CCN1CC(C#N)COC1=O. The first kappa shape index (κ1) is 8.60. The van der Waals surface area contributed by atoms with E-state index < -0.39 is 0 Å². The second-order valence-electron chi connectivity index (χ2n) is 2.60. The third kappa shape index (κ3) is 1.76. The van der Waals surface area contributed by atoms with E-state index >= 15 is 0 Å². The van der Waals surface area contributed by atoms with Crippen LogP contribution in [0.25, 0.3) is 0 Å². The highest BCUT2D eigenvalue weighted by atomic mass is 16.6. The normalized spacial score (nSPS) is 22.8. The van der Waals surface area contributed by atoms with Gasteiger partial charge in [-0.15, -0.1) is 6.58 Å². The molecule has 1 aliphatic rings. The molecule has 1 rings (SSSR count). The van der Waals surface area contributed by atoms with Crippen LogP contribution in [0.2, 0.25) is 0 Å². The van der Waals surface area contributed by atoms with E-state index in [1.165, 1.54) is 4.90 Å². The van der Waals surface area contributed by atoms with Crippen molar-refractivity contribution in [2.24, 2.45) is 5.92 Å². The first-order chi connectivity index (χ1) is 5.77. The van der Waals surface area contributed by atoms with Crippen molar-refractivity contribution < 1.29 is 9.53 Å². The van der Waals surface area contributed by atoms with Gasteiger partial charge in [0.25, 0.3) is 0 Å². The number of nitrogens with zero attached hydrogens (tertiary/aromatic N) is 2. The van der Waals surface area contributed by atoms with Crippen molar-refractivity contribution in [3.05, 3.63) is 12.7 Å². The van der Waals surface area contributed by atoms with E-state index in [9.17, 15) is 4.79 Å². The van der Waals surface area contributed by atoms with Crippen molar-refractivity contribution >= 4 is 6.09 Å². The number of hydrogen-bond donors (Lipinski definition) is 0. The van der Waals surface area contributed by atoms with Crippen LogP contribution in [0.5, 0.6) is 0 Å². The Bertz CT molecular complexity index is 232. The van der Waals surface area contributed by atoms with Gasteiger partial charge in [0.05, 0.1) is 12.0 Å². The molecule has 1 amide bonds. The molecule has 0 bridgehead atoms. The molecule has 64 valence electrons. The smallest absolute Gasteiger partial charge is 0.410 e. The van der Waals surface area contributed by atoms with Gasteiger partial charge < -0.3 is 9.64 Å². The molecule has 0 aromatic carbocycles. The summed E-state index contributed by atoms with van der Waals surface area (Å²) >= 11 is 0. The number of nitriles is 1. The highest BCUT2D eigenvalue weighted by molar-refractivity contribution is 5.68. The molecule has 1 heterocycles. The van der Waals surface area contributed by atoms with Crippen LogP contribution in [0.15, 0.2) is 12.7 Å². The van der Waals surface area contributed by atoms with Gasteiger partial charge in [-0.25, -0.2) is 4.79 Å². The minimum absolute atomic E-state index is 0.206. The fourth-order valence-corrected chi connectivity index (χ4v) is 1.04. The van der Waals surface area contributed by atoms with Gasteiger partial charge in [-0.05, 0) is 0 Å². The summed E-state index contributed by atoms with van der Waals surface area (Å²) in [7, 11) is 0. The average molecular weight is 166 g/mol. The fraction of sp³-hybridized carbons (Fsp3) is 0.500. The van der Waals surface area contributed by atoms with Crippen molar-refractivity contribution in [2.75, 3.05) is 19.7 Å². The van der Waals surface area contributed by atoms with Crippen molar-refractivity contribution in [3.8, 4) is 6.07 Å². The predicted molar refractivity (Wildman–Crippen MR) is 42.2 cm³/mol. The molecule has 0 aromatic rings. The molecule has 0 aliphatic carbocycles. The Labute approximate surface area is 71.0 Å². The number of carbonyl (C=O) groups is 1. The molecule has 12 heavy (non-hydrogen) atoms. The van der Waals surface area contributed by atoms with Crippen LogP contribution in [-0.2, 0) is 4.74 Å². The van der Waals surface area contributed by atoms with Gasteiger partial charge >= 0.3 is 6.09 Å². The molecular weight excluding hydrogens is 156 g/mol. The third-order valence-corrected chi connectivity index (χ3v) is 1.64. The van der Waals surface area contributed by atoms with Gasteiger partial charge in [0.15, 0.2) is 0 Å². The number of carbonyl (C=O) groups excluding carboxylic acids is 1. The highest BCUT2D eigenvalue weighted by Crippen LogP contribution is 2.09. The Balaban J connectivity index is 2.53. The van der Waals surface area contributed by atoms with Crippen LogP contribution in [-0.4, -0.2) is 30.7 Å². The Morgan fingerprint density at radius 2 is 2.67 bits per heavy atom. The first-order valence-corrected chi connectivity index (χ1v) is 3.70. The summed E-state index contributed by atoms with van der Waals surface area (Å²) in [5.41, 5.74) is 0. The van der Waals surface area contributed by atoms with Gasteiger partial charge in [0.2, 0.25) is 0 Å². The molecule has 4 heteroatoms. The maximum atomic E-state index is 11.0. The molecule has 1 atom stereocenters. The molecule has 1 aliphatic heterocycles. The lowest BCUT2D eigenvalue weighted by Gasteiger charge is -2.27. The molecule has 1 fully saturated rings. The second-order valence-corrected chi connectivity index (χ2v) is 2.60. The van der Waals surface area contributed by atoms with Gasteiger partial charge in [-0.2, -0.15) is 5.26 Å².